The second kappa shape index (κ2) is 8.59. The lowest BCUT2D eigenvalue weighted by molar-refractivity contribution is -0.113. The summed E-state index contributed by atoms with van der Waals surface area (Å²) in [5.74, 6) is 1.70. The van der Waals surface area contributed by atoms with Crippen molar-refractivity contribution in [1.82, 2.24) is 14.8 Å². The molecule has 1 N–H and O–H groups in total. The fourth-order valence-electron chi connectivity index (χ4n) is 2.92. The van der Waals surface area contributed by atoms with Crippen LogP contribution in [0, 0.1) is 0 Å². The SMILES string of the molecule is COc1cccc2cc(-c3nnc(SCC(=O)Nc4cc(Cl)cc(Cl)c4)n3C)oc12. The van der Waals surface area contributed by atoms with Crippen molar-refractivity contribution >= 4 is 57.5 Å². The van der Waals surface area contributed by atoms with Gasteiger partial charge in [0.2, 0.25) is 5.91 Å². The molecule has 0 bridgehead atoms. The van der Waals surface area contributed by atoms with Crippen LogP contribution in [0.15, 0.2) is 52.0 Å². The van der Waals surface area contributed by atoms with Gasteiger partial charge >= 0.3 is 0 Å². The average Bonchev–Trinajstić information content (AvgIpc) is 3.28. The van der Waals surface area contributed by atoms with Crippen LogP contribution in [0.5, 0.6) is 5.75 Å². The molecule has 0 aliphatic carbocycles. The van der Waals surface area contributed by atoms with Gasteiger partial charge < -0.3 is 19.0 Å². The second-order valence-corrected chi connectivity index (χ2v) is 8.16. The van der Waals surface area contributed by atoms with Crippen molar-refractivity contribution in [2.45, 2.75) is 5.16 Å². The number of anilines is 1. The molecule has 0 saturated heterocycles. The number of benzene rings is 2. The van der Waals surface area contributed by atoms with Gasteiger partial charge in [-0.3, -0.25) is 4.79 Å². The Morgan fingerprint density at radius 1 is 1.20 bits per heavy atom. The highest BCUT2D eigenvalue weighted by Gasteiger charge is 2.18. The Balaban J connectivity index is 1.48. The number of amides is 1. The molecule has 0 fully saturated rings. The largest absolute Gasteiger partial charge is 0.493 e. The van der Waals surface area contributed by atoms with Gasteiger partial charge in [-0.2, -0.15) is 0 Å². The van der Waals surface area contributed by atoms with Gasteiger partial charge in [-0.1, -0.05) is 47.1 Å². The third-order valence-electron chi connectivity index (χ3n) is 4.26. The molecule has 0 aliphatic heterocycles. The number of furan rings is 1. The molecule has 2 aromatic carbocycles. The molecule has 2 aromatic heterocycles. The number of aromatic nitrogens is 3. The van der Waals surface area contributed by atoms with E-state index in [1.807, 2.05) is 31.3 Å². The van der Waals surface area contributed by atoms with Crippen LogP contribution in [0.25, 0.3) is 22.6 Å². The summed E-state index contributed by atoms with van der Waals surface area (Å²) >= 11 is 13.2. The zero-order valence-electron chi connectivity index (χ0n) is 16.0. The van der Waals surface area contributed by atoms with Crippen LogP contribution in [0.4, 0.5) is 5.69 Å². The van der Waals surface area contributed by atoms with Crippen molar-refractivity contribution in [3.05, 3.63) is 52.5 Å². The molecule has 7 nitrogen and oxygen atoms in total. The van der Waals surface area contributed by atoms with E-state index in [0.717, 1.165) is 5.39 Å². The maximum atomic E-state index is 12.3. The van der Waals surface area contributed by atoms with Crippen molar-refractivity contribution in [2.75, 3.05) is 18.2 Å². The number of hydrogen-bond donors (Lipinski definition) is 1. The van der Waals surface area contributed by atoms with Gasteiger partial charge in [0.15, 0.2) is 28.1 Å². The summed E-state index contributed by atoms with van der Waals surface area (Å²) in [5, 5.41) is 13.5. The quantitative estimate of drug-likeness (QED) is 0.392. The van der Waals surface area contributed by atoms with Crippen LogP contribution >= 0.6 is 35.0 Å². The Morgan fingerprint density at radius 2 is 1.97 bits per heavy atom. The van der Waals surface area contributed by atoms with Gasteiger partial charge in [-0.05, 0) is 30.3 Å². The molecule has 2 heterocycles. The fraction of sp³-hybridized carbons (Fsp3) is 0.150. The first-order chi connectivity index (χ1) is 14.4. The Bertz CT molecular complexity index is 1220. The minimum Gasteiger partial charge on any atom is -0.493 e. The highest BCUT2D eigenvalue weighted by molar-refractivity contribution is 7.99. The summed E-state index contributed by atoms with van der Waals surface area (Å²) in [4.78, 5) is 12.3. The van der Waals surface area contributed by atoms with Crippen molar-refractivity contribution in [2.24, 2.45) is 7.05 Å². The van der Waals surface area contributed by atoms with Crippen molar-refractivity contribution in [1.29, 1.82) is 0 Å². The van der Waals surface area contributed by atoms with Gasteiger partial charge in [0.1, 0.15) is 0 Å². The number of carbonyl (C=O) groups is 1. The van der Waals surface area contributed by atoms with Gasteiger partial charge in [-0.15, -0.1) is 10.2 Å². The standard InChI is InChI=1S/C20H16Cl2N4O3S/c1-26-19(16-6-11-4-3-5-15(28-2)18(11)29-16)24-25-20(26)30-10-17(27)23-14-8-12(21)7-13(22)9-14/h3-9H,10H2,1-2H3,(H,23,27). The van der Waals surface area contributed by atoms with Crippen molar-refractivity contribution < 1.29 is 13.9 Å². The number of para-hydroxylation sites is 1. The highest BCUT2D eigenvalue weighted by Crippen LogP contribution is 2.33. The molecule has 0 spiro atoms. The summed E-state index contributed by atoms with van der Waals surface area (Å²) in [6.07, 6.45) is 0. The molecule has 0 aliphatic rings. The molecule has 1 amide bonds. The maximum absolute atomic E-state index is 12.3. The normalized spacial score (nSPS) is 11.1. The molecule has 4 aromatic rings. The molecule has 0 saturated carbocycles. The summed E-state index contributed by atoms with van der Waals surface area (Å²) in [6, 6.07) is 12.4. The number of fused-ring (bicyclic) bond motifs is 1. The molecule has 30 heavy (non-hydrogen) atoms. The lowest BCUT2D eigenvalue weighted by Crippen LogP contribution is -2.14. The number of ether oxygens (including phenoxy) is 1. The Labute approximate surface area is 186 Å². The molecule has 4 rings (SSSR count). The first-order valence-corrected chi connectivity index (χ1v) is 10.5. The molecule has 0 atom stereocenters. The van der Waals surface area contributed by atoms with Crippen LogP contribution in [0.3, 0.4) is 0 Å². The lowest BCUT2D eigenvalue weighted by atomic mass is 10.2. The minimum atomic E-state index is -0.212. The Hall–Kier alpha value is -2.68. The number of thioether (sulfide) groups is 1. The summed E-state index contributed by atoms with van der Waals surface area (Å²) in [5.41, 5.74) is 1.18. The first-order valence-electron chi connectivity index (χ1n) is 8.79. The molecule has 0 unspecified atom stereocenters. The van der Waals surface area contributed by atoms with Gasteiger partial charge in [0.05, 0.1) is 12.9 Å². The number of nitrogens with one attached hydrogen (secondary N) is 1. The van der Waals surface area contributed by atoms with E-state index < -0.39 is 0 Å². The Kier molecular flexibility index (Phi) is 5.90. The number of halogens is 2. The lowest BCUT2D eigenvalue weighted by Gasteiger charge is -2.06. The van der Waals surface area contributed by atoms with Crippen LogP contribution < -0.4 is 10.1 Å². The van der Waals surface area contributed by atoms with Crippen molar-refractivity contribution in [3.63, 3.8) is 0 Å². The molecule has 154 valence electrons. The second-order valence-electron chi connectivity index (χ2n) is 6.35. The third kappa shape index (κ3) is 4.26. The van der Waals surface area contributed by atoms with Crippen molar-refractivity contribution in [3.8, 4) is 17.3 Å². The first kappa shape index (κ1) is 20.6. The average molecular weight is 463 g/mol. The van der Waals surface area contributed by atoms with Gasteiger partial charge in [-0.25, -0.2) is 0 Å². The fourth-order valence-corrected chi connectivity index (χ4v) is 4.15. The monoisotopic (exact) mass is 462 g/mol. The number of rotatable bonds is 6. The molecular weight excluding hydrogens is 447 g/mol. The van der Waals surface area contributed by atoms with Gasteiger partial charge in [0.25, 0.3) is 0 Å². The van der Waals surface area contributed by atoms with E-state index in [4.69, 9.17) is 32.4 Å². The maximum Gasteiger partial charge on any atom is 0.234 e. The topological polar surface area (TPSA) is 82.2 Å². The van der Waals surface area contributed by atoms with E-state index in [-0.39, 0.29) is 11.7 Å². The van der Waals surface area contributed by atoms with E-state index in [0.29, 0.717) is 43.8 Å². The van der Waals surface area contributed by atoms with E-state index >= 15 is 0 Å². The minimum absolute atomic E-state index is 0.143. The molecule has 10 heteroatoms. The van der Waals surface area contributed by atoms with Crippen LogP contribution in [-0.4, -0.2) is 33.5 Å². The van der Waals surface area contributed by atoms with E-state index in [1.165, 1.54) is 11.8 Å². The number of methoxy groups -OCH3 is 1. The molecule has 0 radical (unpaired) electrons. The van der Waals surface area contributed by atoms with E-state index in [2.05, 4.69) is 15.5 Å². The smallest absolute Gasteiger partial charge is 0.234 e. The number of carbonyl (C=O) groups excluding carboxylic acids is 1. The zero-order valence-corrected chi connectivity index (χ0v) is 18.3. The highest BCUT2D eigenvalue weighted by atomic mass is 35.5. The van der Waals surface area contributed by atoms with E-state index in [9.17, 15) is 4.79 Å². The summed E-state index contributed by atoms with van der Waals surface area (Å²) in [6.45, 7) is 0. The van der Waals surface area contributed by atoms with Crippen LogP contribution in [0.2, 0.25) is 10.0 Å². The summed E-state index contributed by atoms with van der Waals surface area (Å²) in [7, 11) is 3.41. The number of nitrogens with zero attached hydrogens (tertiary/aromatic N) is 3. The van der Waals surface area contributed by atoms with Crippen LogP contribution in [-0.2, 0) is 11.8 Å². The van der Waals surface area contributed by atoms with E-state index in [1.54, 1.807) is 29.9 Å². The van der Waals surface area contributed by atoms with Gasteiger partial charge in [0, 0.05) is 28.2 Å². The predicted molar refractivity (Wildman–Crippen MR) is 119 cm³/mol. The number of hydrogen-bond acceptors (Lipinski definition) is 6. The van der Waals surface area contributed by atoms with Crippen LogP contribution in [0.1, 0.15) is 0 Å². The zero-order chi connectivity index (χ0) is 21.3. The molecular formula is C20H16Cl2N4O3S. The predicted octanol–water partition coefficient (Wildman–Crippen LogP) is 5.27. The Morgan fingerprint density at radius 3 is 2.70 bits per heavy atom. The third-order valence-corrected chi connectivity index (χ3v) is 5.72. The summed E-state index contributed by atoms with van der Waals surface area (Å²) < 4.78 is 13.1.